The Bertz CT molecular complexity index is 1160. The van der Waals surface area contributed by atoms with Crippen molar-refractivity contribution in [1.29, 1.82) is 0 Å². The number of anilines is 2. The molecule has 2 heterocycles. The number of amides is 1. The summed E-state index contributed by atoms with van der Waals surface area (Å²) in [4.78, 5) is 27.4. The van der Waals surface area contributed by atoms with E-state index in [2.05, 4.69) is 10.4 Å². The Morgan fingerprint density at radius 1 is 1.19 bits per heavy atom. The number of nitrogens with zero attached hydrogens (tertiary/aromatic N) is 3. The molecule has 0 bridgehead atoms. The predicted molar refractivity (Wildman–Crippen MR) is 126 cm³/mol. The fourth-order valence-corrected chi connectivity index (χ4v) is 4.03. The number of rotatable bonds is 6. The topological polar surface area (TPSA) is 76.5 Å². The van der Waals surface area contributed by atoms with Crippen LogP contribution in [0.3, 0.4) is 0 Å². The maximum atomic E-state index is 13.0. The van der Waals surface area contributed by atoms with Crippen molar-refractivity contribution in [3.8, 4) is 11.4 Å². The van der Waals surface area contributed by atoms with Gasteiger partial charge in [-0.3, -0.25) is 9.59 Å². The van der Waals surface area contributed by atoms with Gasteiger partial charge in [-0.2, -0.15) is 4.68 Å². The first kappa shape index (κ1) is 21.9. The lowest BCUT2D eigenvalue weighted by Crippen LogP contribution is -2.41. The second-order valence-corrected chi connectivity index (χ2v) is 8.06. The molecule has 2 aromatic carbocycles. The Morgan fingerprint density at radius 3 is 2.84 bits per heavy atom. The van der Waals surface area contributed by atoms with Crippen molar-refractivity contribution in [3.05, 3.63) is 76.0 Å². The third-order valence-electron chi connectivity index (χ3n) is 5.40. The highest BCUT2D eigenvalue weighted by molar-refractivity contribution is 6.30. The quantitative estimate of drug-likeness (QED) is 0.608. The summed E-state index contributed by atoms with van der Waals surface area (Å²) in [5.41, 5.74) is 1.03. The molecule has 0 spiro atoms. The van der Waals surface area contributed by atoms with Gasteiger partial charge in [0.1, 0.15) is 11.6 Å². The summed E-state index contributed by atoms with van der Waals surface area (Å²) in [5.74, 6) is 1.06. The summed E-state index contributed by atoms with van der Waals surface area (Å²) in [7, 11) is 0. The number of ether oxygens (including phenoxy) is 1. The largest absolute Gasteiger partial charge is 0.492 e. The van der Waals surface area contributed by atoms with Crippen LogP contribution in [-0.4, -0.2) is 35.4 Å². The van der Waals surface area contributed by atoms with E-state index in [4.69, 9.17) is 16.3 Å². The van der Waals surface area contributed by atoms with E-state index in [1.54, 1.807) is 30.3 Å². The van der Waals surface area contributed by atoms with Crippen LogP contribution in [0.1, 0.15) is 19.8 Å². The van der Waals surface area contributed by atoms with Gasteiger partial charge >= 0.3 is 0 Å². The molecule has 1 aliphatic heterocycles. The average Bonchev–Trinajstić information content (AvgIpc) is 2.81. The van der Waals surface area contributed by atoms with Crippen LogP contribution in [0.4, 0.5) is 11.5 Å². The lowest BCUT2D eigenvalue weighted by atomic mass is 9.97. The maximum absolute atomic E-state index is 13.0. The number of aromatic nitrogens is 2. The summed E-state index contributed by atoms with van der Waals surface area (Å²) in [5, 5.41) is 8.08. The standard InChI is InChI=1S/C24H25ClN4O3/c1-2-32-21-11-4-3-10-20(21)26-24(31)17-7-6-14-28(16-17)22-12-13-23(30)29(27-22)19-9-5-8-18(25)15-19/h3-5,8-13,15,17H,2,6-7,14,16H2,1H3,(H,26,31)/t17-/m1/s1. The SMILES string of the molecule is CCOc1ccccc1NC(=O)[C@@H]1CCCN(c2ccc(=O)n(-c3cccc(Cl)c3)n2)C1. The molecule has 1 aromatic heterocycles. The first-order valence-electron chi connectivity index (χ1n) is 10.7. The molecule has 0 saturated carbocycles. The molecule has 0 aliphatic carbocycles. The number of piperidine rings is 1. The summed E-state index contributed by atoms with van der Waals surface area (Å²) in [6.45, 7) is 3.72. The van der Waals surface area contributed by atoms with Gasteiger partial charge in [0.25, 0.3) is 5.56 Å². The smallest absolute Gasteiger partial charge is 0.271 e. The van der Waals surface area contributed by atoms with Crippen molar-refractivity contribution < 1.29 is 9.53 Å². The Labute approximate surface area is 191 Å². The summed E-state index contributed by atoms with van der Waals surface area (Å²) < 4.78 is 6.95. The maximum Gasteiger partial charge on any atom is 0.271 e. The second-order valence-electron chi connectivity index (χ2n) is 7.63. The van der Waals surface area contributed by atoms with E-state index in [1.807, 2.05) is 36.1 Å². The molecule has 1 saturated heterocycles. The van der Waals surface area contributed by atoms with Crippen molar-refractivity contribution in [1.82, 2.24) is 9.78 Å². The zero-order valence-electron chi connectivity index (χ0n) is 17.8. The fraction of sp³-hybridized carbons (Fsp3) is 0.292. The van der Waals surface area contributed by atoms with Crippen LogP contribution >= 0.6 is 11.6 Å². The van der Waals surface area contributed by atoms with E-state index < -0.39 is 0 Å². The van der Waals surface area contributed by atoms with Crippen molar-refractivity contribution >= 4 is 29.0 Å². The Morgan fingerprint density at radius 2 is 2.03 bits per heavy atom. The number of halogens is 1. The minimum atomic E-state index is -0.241. The van der Waals surface area contributed by atoms with E-state index in [0.29, 0.717) is 41.1 Å². The zero-order valence-corrected chi connectivity index (χ0v) is 18.6. The van der Waals surface area contributed by atoms with E-state index >= 15 is 0 Å². The van der Waals surface area contributed by atoms with Gasteiger partial charge in [-0.25, -0.2) is 0 Å². The molecule has 1 aliphatic rings. The van der Waals surface area contributed by atoms with Crippen molar-refractivity contribution in [2.75, 3.05) is 29.9 Å². The van der Waals surface area contributed by atoms with Crippen LogP contribution in [0.25, 0.3) is 5.69 Å². The molecular formula is C24H25ClN4O3. The number of carbonyl (C=O) groups is 1. The summed E-state index contributed by atoms with van der Waals surface area (Å²) in [6, 6.07) is 17.6. The fourth-order valence-electron chi connectivity index (χ4n) is 3.85. The van der Waals surface area contributed by atoms with E-state index in [0.717, 1.165) is 19.4 Å². The minimum Gasteiger partial charge on any atom is -0.492 e. The van der Waals surface area contributed by atoms with Crippen LogP contribution in [-0.2, 0) is 4.79 Å². The molecule has 4 rings (SSSR count). The summed E-state index contributed by atoms with van der Waals surface area (Å²) in [6.07, 6.45) is 1.64. The van der Waals surface area contributed by atoms with Gasteiger partial charge in [0.15, 0.2) is 0 Å². The van der Waals surface area contributed by atoms with E-state index in [-0.39, 0.29) is 17.4 Å². The van der Waals surface area contributed by atoms with Crippen LogP contribution in [0.5, 0.6) is 5.75 Å². The molecule has 3 aromatic rings. The molecule has 1 N–H and O–H groups in total. The van der Waals surface area contributed by atoms with E-state index in [1.165, 1.54) is 10.7 Å². The summed E-state index contributed by atoms with van der Waals surface area (Å²) >= 11 is 6.08. The second kappa shape index (κ2) is 9.87. The molecule has 0 radical (unpaired) electrons. The highest BCUT2D eigenvalue weighted by Gasteiger charge is 2.27. The minimum absolute atomic E-state index is 0.0509. The number of nitrogens with one attached hydrogen (secondary N) is 1. The van der Waals surface area contributed by atoms with Crippen LogP contribution < -0.4 is 20.5 Å². The number of para-hydroxylation sites is 2. The predicted octanol–water partition coefficient (Wildman–Crippen LogP) is 4.14. The van der Waals surface area contributed by atoms with Gasteiger partial charge in [0, 0.05) is 24.2 Å². The molecule has 1 atom stereocenters. The molecule has 7 nitrogen and oxygen atoms in total. The van der Waals surface area contributed by atoms with Gasteiger partial charge in [-0.1, -0.05) is 29.8 Å². The van der Waals surface area contributed by atoms with Crippen LogP contribution in [0.2, 0.25) is 5.02 Å². The van der Waals surface area contributed by atoms with Gasteiger partial charge < -0.3 is 15.0 Å². The lowest BCUT2D eigenvalue weighted by molar-refractivity contribution is -0.120. The molecule has 166 valence electrons. The first-order chi connectivity index (χ1) is 15.5. The zero-order chi connectivity index (χ0) is 22.5. The highest BCUT2D eigenvalue weighted by Crippen LogP contribution is 2.27. The Balaban J connectivity index is 1.51. The molecule has 0 unspecified atom stereocenters. The molecule has 8 heteroatoms. The van der Waals surface area contributed by atoms with Crippen molar-refractivity contribution in [2.45, 2.75) is 19.8 Å². The van der Waals surface area contributed by atoms with Gasteiger partial charge in [-0.05, 0) is 56.2 Å². The molecular weight excluding hydrogens is 428 g/mol. The van der Waals surface area contributed by atoms with Crippen molar-refractivity contribution in [3.63, 3.8) is 0 Å². The lowest BCUT2D eigenvalue weighted by Gasteiger charge is -2.33. The number of hydrogen-bond donors (Lipinski definition) is 1. The van der Waals surface area contributed by atoms with Crippen LogP contribution in [0.15, 0.2) is 65.5 Å². The number of hydrogen-bond acceptors (Lipinski definition) is 5. The monoisotopic (exact) mass is 452 g/mol. The third-order valence-corrected chi connectivity index (χ3v) is 5.64. The van der Waals surface area contributed by atoms with Crippen LogP contribution in [0, 0.1) is 5.92 Å². The van der Waals surface area contributed by atoms with Gasteiger partial charge in [0.2, 0.25) is 5.91 Å². The molecule has 1 fully saturated rings. The van der Waals surface area contributed by atoms with Gasteiger partial charge in [-0.15, -0.1) is 5.10 Å². The molecule has 32 heavy (non-hydrogen) atoms. The normalized spacial score (nSPS) is 15.9. The van der Waals surface area contributed by atoms with E-state index in [9.17, 15) is 9.59 Å². The molecule has 1 amide bonds. The number of carbonyl (C=O) groups excluding carboxylic acids is 1. The Kier molecular flexibility index (Phi) is 6.75. The first-order valence-corrected chi connectivity index (χ1v) is 11.1. The average molecular weight is 453 g/mol. The Hall–Kier alpha value is -3.32. The third kappa shape index (κ3) is 4.94. The van der Waals surface area contributed by atoms with Gasteiger partial charge in [0.05, 0.1) is 23.9 Å². The number of benzene rings is 2. The van der Waals surface area contributed by atoms with Crippen molar-refractivity contribution in [2.24, 2.45) is 5.92 Å². The highest BCUT2D eigenvalue weighted by atomic mass is 35.5.